The summed E-state index contributed by atoms with van der Waals surface area (Å²) >= 11 is 0. The molecule has 0 radical (unpaired) electrons. The van der Waals surface area contributed by atoms with E-state index in [-0.39, 0.29) is 0 Å². The summed E-state index contributed by atoms with van der Waals surface area (Å²) in [6, 6.07) is 8.38. The van der Waals surface area contributed by atoms with Crippen molar-refractivity contribution in [2.24, 2.45) is 11.7 Å². The molecule has 0 aliphatic heterocycles. The lowest BCUT2D eigenvalue weighted by Crippen LogP contribution is -2.13. The molecule has 0 saturated heterocycles. The smallest absolute Gasteiger partial charge is 0.146 e. The molecule has 3 aromatic rings. The molecule has 0 unspecified atom stereocenters. The molecule has 0 aliphatic rings. The fourth-order valence-electron chi connectivity index (χ4n) is 2.66. The normalized spacial score (nSPS) is 11.6. The van der Waals surface area contributed by atoms with Gasteiger partial charge in [0, 0.05) is 30.2 Å². The van der Waals surface area contributed by atoms with E-state index in [4.69, 9.17) is 5.73 Å². The quantitative estimate of drug-likeness (QED) is 0.782. The number of rotatable bonds is 5. The van der Waals surface area contributed by atoms with E-state index in [2.05, 4.69) is 59.0 Å². The molecule has 0 fully saturated rings. The molecule has 2 aromatic heterocycles. The molecule has 2 heterocycles. The van der Waals surface area contributed by atoms with Gasteiger partial charge in [0.25, 0.3) is 0 Å². The summed E-state index contributed by atoms with van der Waals surface area (Å²) in [5.74, 6) is 1.54. The summed E-state index contributed by atoms with van der Waals surface area (Å²) in [5, 5.41) is 5.54. The number of aromatic nitrogens is 4. The van der Waals surface area contributed by atoms with Crippen molar-refractivity contribution in [2.45, 2.75) is 33.5 Å². The van der Waals surface area contributed by atoms with Crippen LogP contribution in [0.2, 0.25) is 0 Å². The van der Waals surface area contributed by atoms with Gasteiger partial charge < -0.3 is 10.3 Å². The van der Waals surface area contributed by atoms with Crippen molar-refractivity contribution < 1.29 is 0 Å². The second-order valence-electron chi connectivity index (χ2n) is 5.75. The van der Waals surface area contributed by atoms with Gasteiger partial charge in [-0.3, -0.25) is 0 Å². The monoisotopic (exact) mass is 283 g/mol. The van der Waals surface area contributed by atoms with Gasteiger partial charge in [-0.2, -0.15) is 5.10 Å². The molecule has 5 heteroatoms. The van der Waals surface area contributed by atoms with Crippen LogP contribution < -0.4 is 5.73 Å². The van der Waals surface area contributed by atoms with Gasteiger partial charge in [0.2, 0.25) is 0 Å². The van der Waals surface area contributed by atoms with Crippen LogP contribution in [0.15, 0.2) is 36.8 Å². The molecule has 110 valence electrons. The molecule has 0 saturated carbocycles. The fourth-order valence-corrected chi connectivity index (χ4v) is 2.66. The summed E-state index contributed by atoms with van der Waals surface area (Å²) in [5.41, 5.74) is 8.17. The highest BCUT2D eigenvalue weighted by Gasteiger charge is 2.10. The lowest BCUT2D eigenvalue weighted by molar-refractivity contribution is 0.462. The third kappa shape index (κ3) is 2.69. The van der Waals surface area contributed by atoms with E-state index in [1.165, 1.54) is 16.5 Å². The highest BCUT2D eigenvalue weighted by atomic mass is 15.3. The maximum Gasteiger partial charge on any atom is 0.146 e. The Hall–Kier alpha value is -2.14. The van der Waals surface area contributed by atoms with Crippen LogP contribution in [0, 0.1) is 5.92 Å². The lowest BCUT2D eigenvalue weighted by atomic mass is 10.1. The number of benzene rings is 1. The summed E-state index contributed by atoms with van der Waals surface area (Å²) in [6.45, 7) is 6.55. The van der Waals surface area contributed by atoms with E-state index in [1.54, 1.807) is 6.33 Å². The topological polar surface area (TPSA) is 61.7 Å². The maximum atomic E-state index is 5.80. The molecule has 3 rings (SSSR count). The van der Waals surface area contributed by atoms with Crippen LogP contribution in [-0.4, -0.2) is 19.3 Å². The molecule has 0 amide bonds. The van der Waals surface area contributed by atoms with Gasteiger partial charge >= 0.3 is 0 Å². The lowest BCUT2D eigenvalue weighted by Gasteiger charge is -2.10. The van der Waals surface area contributed by atoms with Gasteiger partial charge in [-0.1, -0.05) is 26.0 Å². The first kappa shape index (κ1) is 13.8. The van der Waals surface area contributed by atoms with Crippen molar-refractivity contribution in [1.29, 1.82) is 0 Å². The predicted molar refractivity (Wildman–Crippen MR) is 83.8 cm³/mol. The molecule has 0 bridgehead atoms. The summed E-state index contributed by atoms with van der Waals surface area (Å²) in [7, 11) is 0. The minimum Gasteiger partial charge on any atom is -0.340 e. The summed E-state index contributed by atoms with van der Waals surface area (Å²) in [6.07, 6.45) is 3.73. The van der Waals surface area contributed by atoms with E-state index >= 15 is 0 Å². The van der Waals surface area contributed by atoms with Gasteiger partial charge in [0.1, 0.15) is 12.2 Å². The zero-order chi connectivity index (χ0) is 14.8. The van der Waals surface area contributed by atoms with Gasteiger partial charge in [-0.25, -0.2) is 9.67 Å². The molecule has 1 aromatic carbocycles. The molecular weight excluding hydrogens is 262 g/mol. The van der Waals surface area contributed by atoms with Crippen molar-refractivity contribution in [3.63, 3.8) is 0 Å². The molecule has 0 atom stereocenters. The first-order valence-electron chi connectivity index (χ1n) is 7.32. The van der Waals surface area contributed by atoms with Crippen LogP contribution in [0.1, 0.15) is 25.2 Å². The van der Waals surface area contributed by atoms with E-state index in [0.717, 1.165) is 18.9 Å². The van der Waals surface area contributed by atoms with Gasteiger partial charge in [0.15, 0.2) is 0 Å². The number of nitrogens with zero attached hydrogens (tertiary/aromatic N) is 4. The SMILES string of the molecule is CC(C)Cn1ncnc1Cn1ccc2c(CN)cccc21. The minimum atomic E-state index is 0.552. The van der Waals surface area contributed by atoms with Crippen molar-refractivity contribution in [1.82, 2.24) is 19.3 Å². The first-order valence-corrected chi connectivity index (χ1v) is 7.32. The Morgan fingerprint density at radius 1 is 1.24 bits per heavy atom. The highest BCUT2D eigenvalue weighted by Crippen LogP contribution is 2.20. The van der Waals surface area contributed by atoms with Crippen molar-refractivity contribution in [3.8, 4) is 0 Å². The Kier molecular flexibility index (Phi) is 3.75. The van der Waals surface area contributed by atoms with Crippen LogP contribution >= 0.6 is 0 Å². The zero-order valence-corrected chi connectivity index (χ0v) is 12.5. The molecule has 0 aliphatic carbocycles. The number of hydrogen-bond acceptors (Lipinski definition) is 3. The second-order valence-corrected chi connectivity index (χ2v) is 5.75. The van der Waals surface area contributed by atoms with Crippen LogP contribution in [0.5, 0.6) is 0 Å². The molecule has 2 N–H and O–H groups in total. The van der Waals surface area contributed by atoms with E-state index in [1.807, 2.05) is 4.68 Å². The molecule has 21 heavy (non-hydrogen) atoms. The van der Waals surface area contributed by atoms with Crippen molar-refractivity contribution >= 4 is 10.9 Å². The summed E-state index contributed by atoms with van der Waals surface area (Å²) < 4.78 is 4.19. The predicted octanol–water partition coefficient (Wildman–Crippen LogP) is 2.40. The molecular formula is C16H21N5. The Balaban J connectivity index is 1.94. The van der Waals surface area contributed by atoms with Gasteiger partial charge in [0.05, 0.1) is 6.54 Å². The van der Waals surface area contributed by atoms with Crippen molar-refractivity contribution in [3.05, 3.63) is 48.2 Å². The third-order valence-electron chi connectivity index (χ3n) is 3.67. The average molecular weight is 283 g/mol. The van der Waals surface area contributed by atoms with Crippen LogP contribution in [0.4, 0.5) is 0 Å². The molecule has 5 nitrogen and oxygen atoms in total. The Morgan fingerprint density at radius 3 is 2.86 bits per heavy atom. The zero-order valence-electron chi connectivity index (χ0n) is 12.5. The van der Waals surface area contributed by atoms with E-state index < -0.39 is 0 Å². The van der Waals surface area contributed by atoms with Crippen LogP contribution in [0.25, 0.3) is 10.9 Å². The number of fused-ring (bicyclic) bond motifs is 1. The van der Waals surface area contributed by atoms with Crippen LogP contribution in [-0.2, 0) is 19.6 Å². The van der Waals surface area contributed by atoms with Gasteiger partial charge in [-0.15, -0.1) is 0 Å². The second kappa shape index (κ2) is 5.69. The van der Waals surface area contributed by atoms with E-state index in [9.17, 15) is 0 Å². The fraction of sp³-hybridized carbons (Fsp3) is 0.375. The average Bonchev–Trinajstić information content (AvgIpc) is 3.06. The Morgan fingerprint density at radius 2 is 2.10 bits per heavy atom. The standard InChI is InChI=1S/C16H21N5/c1-12(2)9-21-16(18-11-19-21)10-20-7-6-14-13(8-17)4-3-5-15(14)20/h3-7,11-12H,8-10,17H2,1-2H3. The first-order chi connectivity index (χ1) is 10.2. The highest BCUT2D eigenvalue weighted by molar-refractivity contribution is 5.83. The maximum absolute atomic E-state index is 5.80. The Labute approximate surface area is 124 Å². The largest absolute Gasteiger partial charge is 0.340 e. The third-order valence-corrected chi connectivity index (χ3v) is 3.67. The Bertz CT molecular complexity index is 738. The minimum absolute atomic E-state index is 0.552. The van der Waals surface area contributed by atoms with E-state index in [0.29, 0.717) is 12.5 Å². The number of nitrogens with two attached hydrogens (primary N) is 1. The molecule has 0 spiro atoms. The summed E-state index contributed by atoms with van der Waals surface area (Å²) in [4.78, 5) is 4.40. The van der Waals surface area contributed by atoms with Crippen LogP contribution in [0.3, 0.4) is 0 Å². The van der Waals surface area contributed by atoms with Crippen molar-refractivity contribution in [2.75, 3.05) is 0 Å². The van der Waals surface area contributed by atoms with Gasteiger partial charge in [-0.05, 0) is 23.6 Å². The number of hydrogen-bond donors (Lipinski definition) is 1.